The van der Waals surface area contributed by atoms with Gasteiger partial charge in [-0.05, 0) is 32.1 Å². The molecule has 5 heteroatoms. The van der Waals surface area contributed by atoms with Crippen molar-refractivity contribution in [3.63, 3.8) is 0 Å². The second-order valence-electron chi connectivity index (χ2n) is 6.50. The molecule has 1 aromatic rings. The van der Waals surface area contributed by atoms with Crippen LogP contribution >= 0.6 is 0 Å². The van der Waals surface area contributed by atoms with Gasteiger partial charge in [-0.3, -0.25) is 4.79 Å². The fraction of sp³-hybridized carbons (Fsp3) is 0.750. The van der Waals surface area contributed by atoms with E-state index in [1.165, 1.54) is 6.42 Å². The molecule has 1 amide bonds. The van der Waals surface area contributed by atoms with Gasteiger partial charge in [-0.25, -0.2) is 4.98 Å². The number of carbonyl (C=O) groups is 1. The third kappa shape index (κ3) is 2.98. The summed E-state index contributed by atoms with van der Waals surface area (Å²) >= 11 is 0. The number of likely N-dealkylation sites (tertiary alicyclic amines) is 1. The summed E-state index contributed by atoms with van der Waals surface area (Å²) in [6, 6.07) is 0.184. The minimum absolute atomic E-state index is 0.0260. The van der Waals surface area contributed by atoms with Crippen molar-refractivity contribution in [2.45, 2.75) is 57.1 Å². The van der Waals surface area contributed by atoms with Crippen molar-refractivity contribution in [3.8, 4) is 0 Å². The second kappa shape index (κ2) is 6.18. The largest absolute Gasteiger partial charge is 0.393 e. The van der Waals surface area contributed by atoms with E-state index in [2.05, 4.69) is 4.98 Å². The van der Waals surface area contributed by atoms with Crippen molar-refractivity contribution in [2.75, 3.05) is 6.54 Å². The van der Waals surface area contributed by atoms with Crippen LogP contribution in [0.2, 0.25) is 0 Å². The Morgan fingerprint density at radius 2 is 2.00 bits per heavy atom. The second-order valence-corrected chi connectivity index (χ2v) is 6.50. The average molecular weight is 291 g/mol. The fourth-order valence-electron chi connectivity index (χ4n) is 3.91. The Hall–Kier alpha value is -1.36. The molecule has 0 aromatic carbocycles. The van der Waals surface area contributed by atoms with E-state index < -0.39 is 0 Å². The maximum atomic E-state index is 12.7. The number of nitrogens with zero attached hydrogens (tertiary/aromatic N) is 3. The molecule has 0 spiro atoms. The van der Waals surface area contributed by atoms with Crippen LogP contribution in [0.15, 0.2) is 12.5 Å². The number of amides is 1. The van der Waals surface area contributed by atoms with Gasteiger partial charge < -0.3 is 14.6 Å². The molecule has 2 heterocycles. The molecule has 5 nitrogen and oxygen atoms in total. The first-order chi connectivity index (χ1) is 10.2. The number of aliphatic hydroxyl groups is 1. The zero-order chi connectivity index (χ0) is 14.8. The molecule has 0 bridgehead atoms. The van der Waals surface area contributed by atoms with Crippen LogP contribution in [-0.4, -0.2) is 44.2 Å². The van der Waals surface area contributed by atoms with Gasteiger partial charge in [0.25, 0.3) is 5.91 Å². The van der Waals surface area contributed by atoms with E-state index >= 15 is 0 Å². The monoisotopic (exact) mass is 291 g/mol. The van der Waals surface area contributed by atoms with Crippen molar-refractivity contribution in [1.82, 2.24) is 14.5 Å². The molecule has 0 radical (unpaired) electrons. The SMILES string of the molecule is Cn1cnc(C(=O)N2CCCCC2C2CCCCC2O)c1. The van der Waals surface area contributed by atoms with Gasteiger partial charge in [0.15, 0.2) is 0 Å². The lowest BCUT2D eigenvalue weighted by Crippen LogP contribution is -2.51. The molecule has 2 aliphatic rings. The predicted octanol–water partition coefficient (Wildman–Crippen LogP) is 1.97. The summed E-state index contributed by atoms with van der Waals surface area (Å²) in [5.41, 5.74) is 0.523. The lowest BCUT2D eigenvalue weighted by atomic mass is 9.78. The quantitative estimate of drug-likeness (QED) is 0.906. The van der Waals surface area contributed by atoms with Gasteiger partial charge in [-0.1, -0.05) is 12.8 Å². The van der Waals surface area contributed by atoms with Crippen LogP contribution in [0, 0.1) is 5.92 Å². The zero-order valence-electron chi connectivity index (χ0n) is 12.7. The summed E-state index contributed by atoms with van der Waals surface area (Å²) in [5, 5.41) is 10.3. The molecule has 3 rings (SSSR count). The number of rotatable bonds is 2. The van der Waals surface area contributed by atoms with Crippen LogP contribution in [0.4, 0.5) is 0 Å². The van der Waals surface area contributed by atoms with E-state index in [0.29, 0.717) is 5.69 Å². The molecule has 1 aliphatic carbocycles. The third-order valence-corrected chi connectivity index (χ3v) is 5.01. The molecular weight excluding hydrogens is 266 g/mol. The molecule has 1 N–H and O–H groups in total. The summed E-state index contributed by atoms with van der Waals surface area (Å²) in [7, 11) is 1.88. The molecule has 1 saturated carbocycles. The third-order valence-electron chi connectivity index (χ3n) is 5.01. The van der Waals surface area contributed by atoms with Gasteiger partial charge in [0, 0.05) is 31.7 Å². The van der Waals surface area contributed by atoms with Crippen molar-refractivity contribution in [1.29, 1.82) is 0 Å². The van der Waals surface area contributed by atoms with Crippen LogP contribution in [0.3, 0.4) is 0 Å². The number of imidazole rings is 1. The van der Waals surface area contributed by atoms with Gasteiger partial charge in [-0.15, -0.1) is 0 Å². The first kappa shape index (κ1) is 14.6. The van der Waals surface area contributed by atoms with E-state index in [9.17, 15) is 9.90 Å². The molecule has 1 saturated heterocycles. The van der Waals surface area contributed by atoms with Gasteiger partial charge in [-0.2, -0.15) is 0 Å². The number of aryl methyl sites for hydroxylation is 1. The van der Waals surface area contributed by atoms with E-state index in [4.69, 9.17) is 0 Å². The summed E-state index contributed by atoms with van der Waals surface area (Å²) in [6.07, 6.45) is 10.6. The smallest absolute Gasteiger partial charge is 0.274 e. The summed E-state index contributed by atoms with van der Waals surface area (Å²) in [4.78, 5) is 18.9. The number of hydrogen-bond donors (Lipinski definition) is 1. The van der Waals surface area contributed by atoms with Crippen molar-refractivity contribution in [3.05, 3.63) is 18.2 Å². The van der Waals surface area contributed by atoms with E-state index in [1.807, 2.05) is 16.5 Å². The number of piperidine rings is 1. The van der Waals surface area contributed by atoms with Crippen molar-refractivity contribution in [2.24, 2.45) is 13.0 Å². The Kier molecular flexibility index (Phi) is 4.29. The van der Waals surface area contributed by atoms with Gasteiger partial charge in [0.05, 0.1) is 12.4 Å². The highest BCUT2D eigenvalue weighted by atomic mass is 16.3. The minimum Gasteiger partial charge on any atom is -0.393 e. The Balaban J connectivity index is 1.79. The van der Waals surface area contributed by atoms with E-state index in [-0.39, 0.29) is 24.0 Å². The van der Waals surface area contributed by atoms with Crippen LogP contribution in [-0.2, 0) is 7.05 Å². The Morgan fingerprint density at radius 1 is 1.24 bits per heavy atom. The molecular formula is C16H25N3O2. The molecule has 116 valence electrons. The molecule has 1 aliphatic heterocycles. The lowest BCUT2D eigenvalue weighted by Gasteiger charge is -2.43. The molecule has 2 fully saturated rings. The summed E-state index contributed by atoms with van der Waals surface area (Å²) < 4.78 is 1.81. The Labute approximate surface area is 126 Å². The first-order valence-corrected chi connectivity index (χ1v) is 8.14. The number of carbonyl (C=O) groups excluding carboxylic acids is 1. The molecule has 3 atom stereocenters. The Morgan fingerprint density at radius 3 is 2.71 bits per heavy atom. The fourth-order valence-corrected chi connectivity index (χ4v) is 3.91. The number of hydrogen-bond acceptors (Lipinski definition) is 3. The number of aliphatic hydroxyl groups excluding tert-OH is 1. The van der Waals surface area contributed by atoms with Gasteiger partial charge >= 0.3 is 0 Å². The molecule has 1 aromatic heterocycles. The summed E-state index contributed by atoms with van der Waals surface area (Å²) in [6.45, 7) is 0.795. The molecule has 3 unspecified atom stereocenters. The van der Waals surface area contributed by atoms with E-state index in [1.54, 1.807) is 12.5 Å². The predicted molar refractivity (Wildman–Crippen MR) is 79.8 cm³/mol. The number of aromatic nitrogens is 2. The van der Waals surface area contributed by atoms with Gasteiger partial charge in [0.1, 0.15) is 5.69 Å². The maximum Gasteiger partial charge on any atom is 0.274 e. The zero-order valence-corrected chi connectivity index (χ0v) is 12.7. The summed E-state index contributed by atoms with van der Waals surface area (Å²) in [5.74, 6) is 0.268. The minimum atomic E-state index is -0.249. The highest BCUT2D eigenvalue weighted by Gasteiger charge is 2.38. The van der Waals surface area contributed by atoms with Crippen molar-refractivity contribution < 1.29 is 9.90 Å². The standard InChI is InChI=1S/C16H25N3O2/c1-18-10-13(17-11-18)16(21)19-9-5-4-7-14(19)12-6-2-3-8-15(12)20/h10-12,14-15,20H,2-9H2,1H3. The lowest BCUT2D eigenvalue weighted by molar-refractivity contribution is -0.00150. The first-order valence-electron chi connectivity index (χ1n) is 8.14. The van der Waals surface area contributed by atoms with Crippen LogP contribution in [0.25, 0.3) is 0 Å². The average Bonchev–Trinajstić information content (AvgIpc) is 2.94. The van der Waals surface area contributed by atoms with Crippen LogP contribution < -0.4 is 0 Å². The van der Waals surface area contributed by atoms with E-state index in [0.717, 1.165) is 45.1 Å². The highest BCUT2D eigenvalue weighted by molar-refractivity contribution is 5.92. The maximum absolute atomic E-state index is 12.7. The highest BCUT2D eigenvalue weighted by Crippen LogP contribution is 2.34. The van der Waals surface area contributed by atoms with Gasteiger partial charge in [0.2, 0.25) is 0 Å². The Bertz CT molecular complexity index is 499. The van der Waals surface area contributed by atoms with Crippen LogP contribution in [0.5, 0.6) is 0 Å². The normalized spacial score (nSPS) is 30.4. The topological polar surface area (TPSA) is 58.4 Å². The van der Waals surface area contributed by atoms with Crippen molar-refractivity contribution >= 4 is 5.91 Å². The van der Waals surface area contributed by atoms with Crippen LogP contribution in [0.1, 0.15) is 55.4 Å². The molecule has 21 heavy (non-hydrogen) atoms.